The second-order valence-electron chi connectivity index (χ2n) is 7.62. The van der Waals surface area contributed by atoms with Crippen LogP contribution in [0.5, 0.6) is 5.75 Å². The standard InChI is InChI=1S/C21H33FN4O2/c1-5-23-20(24-14-16(2)28-18-11-7-6-10-17(18)22)25-15-21(12-8-9-13-21)19(27)26(3)4/h6-7,10-11,16H,5,8-9,12-15H2,1-4H3,(H2,23,24,25). The molecule has 1 aromatic carbocycles. The third kappa shape index (κ3) is 5.84. The maximum Gasteiger partial charge on any atom is 0.230 e. The minimum absolute atomic E-state index is 0.154. The molecule has 156 valence electrons. The lowest BCUT2D eigenvalue weighted by molar-refractivity contribution is -0.138. The highest BCUT2D eigenvalue weighted by atomic mass is 19.1. The van der Waals surface area contributed by atoms with Crippen LogP contribution in [0.15, 0.2) is 29.3 Å². The van der Waals surface area contributed by atoms with E-state index < -0.39 is 5.41 Å². The van der Waals surface area contributed by atoms with Crippen molar-refractivity contribution in [2.75, 3.05) is 33.7 Å². The fraction of sp³-hybridized carbons (Fsp3) is 0.619. The first-order chi connectivity index (χ1) is 13.4. The first-order valence-electron chi connectivity index (χ1n) is 10.0. The summed E-state index contributed by atoms with van der Waals surface area (Å²) in [7, 11) is 3.61. The average molecular weight is 393 g/mol. The molecule has 28 heavy (non-hydrogen) atoms. The van der Waals surface area contributed by atoms with Crippen molar-refractivity contribution in [2.24, 2.45) is 10.4 Å². The Morgan fingerprint density at radius 3 is 2.57 bits per heavy atom. The number of halogens is 1. The lowest BCUT2D eigenvalue weighted by atomic mass is 9.85. The molecule has 1 fully saturated rings. The minimum Gasteiger partial charge on any atom is -0.486 e. The van der Waals surface area contributed by atoms with Gasteiger partial charge in [0, 0.05) is 20.6 Å². The smallest absolute Gasteiger partial charge is 0.230 e. The Morgan fingerprint density at radius 1 is 1.29 bits per heavy atom. The zero-order valence-electron chi connectivity index (χ0n) is 17.4. The first-order valence-corrected chi connectivity index (χ1v) is 10.0. The molecule has 0 heterocycles. The van der Waals surface area contributed by atoms with E-state index in [9.17, 15) is 9.18 Å². The van der Waals surface area contributed by atoms with E-state index >= 15 is 0 Å². The molecular weight excluding hydrogens is 359 g/mol. The van der Waals surface area contributed by atoms with Gasteiger partial charge in [0.1, 0.15) is 6.10 Å². The van der Waals surface area contributed by atoms with Gasteiger partial charge in [0.05, 0.1) is 18.5 Å². The van der Waals surface area contributed by atoms with Crippen LogP contribution in [0.4, 0.5) is 4.39 Å². The van der Waals surface area contributed by atoms with Gasteiger partial charge < -0.3 is 20.3 Å². The molecule has 0 radical (unpaired) electrons. The molecule has 1 aliphatic carbocycles. The molecule has 1 amide bonds. The third-order valence-electron chi connectivity index (χ3n) is 5.03. The molecule has 2 N–H and O–H groups in total. The van der Waals surface area contributed by atoms with Gasteiger partial charge in [0.15, 0.2) is 17.5 Å². The summed E-state index contributed by atoms with van der Waals surface area (Å²) in [6.07, 6.45) is 3.63. The molecule has 1 saturated carbocycles. The molecule has 6 nitrogen and oxygen atoms in total. The van der Waals surface area contributed by atoms with Gasteiger partial charge in [-0.05, 0) is 38.8 Å². The summed E-state index contributed by atoms with van der Waals surface area (Å²) in [6.45, 7) is 5.50. The Balaban J connectivity index is 1.97. The van der Waals surface area contributed by atoms with Gasteiger partial charge in [0.25, 0.3) is 0 Å². The zero-order valence-corrected chi connectivity index (χ0v) is 17.4. The van der Waals surface area contributed by atoms with Gasteiger partial charge in [-0.3, -0.25) is 9.79 Å². The SMILES string of the molecule is CCNC(=NCC1(C(=O)N(C)C)CCCC1)NCC(C)Oc1ccccc1F. The van der Waals surface area contributed by atoms with Gasteiger partial charge in [-0.15, -0.1) is 0 Å². The number of hydrogen-bond donors (Lipinski definition) is 2. The number of guanidine groups is 1. The van der Waals surface area contributed by atoms with E-state index in [2.05, 4.69) is 15.6 Å². The van der Waals surface area contributed by atoms with Crippen molar-refractivity contribution in [2.45, 2.75) is 45.6 Å². The van der Waals surface area contributed by atoms with Gasteiger partial charge >= 0.3 is 0 Å². The highest BCUT2D eigenvalue weighted by molar-refractivity contribution is 5.84. The van der Waals surface area contributed by atoms with Gasteiger partial charge in [0.2, 0.25) is 5.91 Å². The van der Waals surface area contributed by atoms with Crippen LogP contribution in [-0.4, -0.2) is 56.6 Å². The largest absolute Gasteiger partial charge is 0.486 e. The van der Waals surface area contributed by atoms with Crippen LogP contribution >= 0.6 is 0 Å². The molecule has 1 unspecified atom stereocenters. The topological polar surface area (TPSA) is 66.0 Å². The number of nitrogens with zero attached hydrogens (tertiary/aromatic N) is 2. The van der Waals surface area contributed by atoms with Crippen molar-refractivity contribution in [3.8, 4) is 5.75 Å². The Labute approximate surface area is 167 Å². The molecule has 1 atom stereocenters. The van der Waals surface area contributed by atoms with E-state index in [0.29, 0.717) is 25.6 Å². The Hall–Kier alpha value is -2.31. The maximum atomic E-state index is 13.7. The van der Waals surface area contributed by atoms with Crippen LogP contribution in [0.25, 0.3) is 0 Å². The molecule has 0 saturated heterocycles. The molecule has 2 rings (SSSR count). The zero-order chi connectivity index (χ0) is 20.6. The monoisotopic (exact) mass is 392 g/mol. The van der Waals surface area contributed by atoms with Crippen molar-refractivity contribution in [3.05, 3.63) is 30.1 Å². The van der Waals surface area contributed by atoms with Crippen LogP contribution in [0, 0.1) is 11.2 Å². The number of aliphatic imine (C=N–C) groups is 1. The summed E-state index contributed by atoms with van der Waals surface area (Å²) in [5.41, 5.74) is -0.402. The molecule has 0 spiro atoms. The van der Waals surface area contributed by atoms with E-state index in [1.165, 1.54) is 6.07 Å². The summed E-state index contributed by atoms with van der Waals surface area (Å²) in [4.78, 5) is 19.1. The predicted molar refractivity (Wildman–Crippen MR) is 110 cm³/mol. The number of hydrogen-bond acceptors (Lipinski definition) is 3. The van der Waals surface area contributed by atoms with Crippen LogP contribution in [0.3, 0.4) is 0 Å². The number of para-hydroxylation sites is 1. The maximum absolute atomic E-state index is 13.7. The Kier molecular flexibility index (Phi) is 8.08. The summed E-state index contributed by atoms with van der Waals surface area (Å²) in [5, 5.41) is 6.44. The normalized spacial score (nSPS) is 17.1. The number of amides is 1. The molecule has 0 aliphatic heterocycles. The Bertz CT molecular complexity index is 672. The quantitative estimate of drug-likeness (QED) is 0.527. The number of nitrogens with one attached hydrogen (secondary N) is 2. The van der Waals surface area contributed by atoms with Crippen molar-refractivity contribution < 1.29 is 13.9 Å². The number of ether oxygens (including phenoxy) is 1. The number of benzene rings is 1. The van der Waals surface area contributed by atoms with E-state index in [1.807, 2.05) is 13.8 Å². The Morgan fingerprint density at radius 2 is 1.96 bits per heavy atom. The van der Waals surface area contributed by atoms with E-state index in [0.717, 1.165) is 25.7 Å². The summed E-state index contributed by atoms with van der Waals surface area (Å²) in [6, 6.07) is 6.37. The van der Waals surface area contributed by atoms with Crippen LogP contribution in [0.2, 0.25) is 0 Å². The van der Waals surface area contributed by atoms with Crippen molar-refractivity contribution in [1.29, 1.82) is 0 Å². The molecule has 1 aromatic rings. The molecule has 0 bridgehead atoms. The van der Waals surface area contributed by atoms with E-state index in [-0.39, 0.29) is 23.6 Å². The summed E-state index contributed by atoms with van der Waals surface area (Å²) in [5.74, 6) is 0.658. The summed E-state index contributed by atoms with van der Waals surface area (Å²) < 4.78 is 19.4. The van der Waals surface area contributed by atoms with Crippen LogP contribution < -0.4 is 15.4 Å². The first kappa shape index (κ1) is 22.0. The van der Waals surface area contributed by atoms with Crippen molar-refractivity contribution in [1.82, 2.24) is 15.5 Å². The molecule has 1 aliphatic rings. The number of carbonyl (C=O) groups is 1. The van der Waals surface area contributed by atoms with Crippen molar-refractivity contribution >= 4 is 11.9 Å². The highest BCUT2D eigenvalue weighted by Gasteiger charge is 2.42. The third-order valence-corrected chi connectivity index (χ3v) is 5.03. The molecule has 0 aromatic heterocycles. The van der Waals surface area contributed by atoms with Gasteiger partial charge in [-0.1, -0.05) is 25.0 Å². The van der Waals surface area contributed by atoms with E-state index in [1.54, 1.807) is 37.2 Å². The molecular formula is C21H33FN4O2. The second-order valence-corrected chi connectivity index (χ2v) is 7.62. The van der Waals surface area contributed by atoms with Crippen molar-refractivity contribution in [3.63, 3.8) is 0 Å². The fourth-order valence-electron chi connectivity index (χ4n) is 3.58. The number of rotatable bonds is 8. The van der Waals surface area contributed by atoms with E-state index in [4.69, 9.17) is 4.74 Å². The second kappa shape index (κ2) is 10.3. The minimum atomic E-state index is -0.402. The lowest BCUT2D eigenvalue weighted by Crippen LogP contribution is -2.44. The van der Waals surface area contributed by atoms with Crippen LogP contribution in [0.1, 0.15) is 39.5 Å². The molecule has 7 heteroatoms. The average Bonchev–Trinajstić information content (AvgIpc) is 3.15. The summed E-state index contributed by atoms with van der Waals surface area (Å²) >= 11 is 0. The number of carbonyl (C=O) groups excluding carboxylic acids is 1. The van der Waals surface area contributed by atoms with Gasteiger partial charge in [-0.25, -0.2) is 4.39 Å². The lowest BCUT2D eigenvalue weighted by Gasteiger charge is -2.29. The van der Waals surface area contributed by atoms with Crippen LogP contribution in [-0.2, 0) is 4.79 Å². The van der Waals surface area contributed by atoms with Gasteiger partial charge in [-0.2, -0.15) is 0 Å². The highest BCUT2D eigenvalue weighted by Crippen LogP contribution is 2.39. The predicted octanol–water partition coefficient (Wildman–Crippen LogP) is 2.80. The fourth-order valence-corrected chi connectivity index (χ4v) is 3.58.